The Balaban J connectivity index is 2.16. The second-order valence-electron chi connectivity index (χ2n) is 5.27. The van der Waals surface area contributed by atoms with Crippen molar-refractivity contribution in [2.45, 2.75) is 6.92 Å². The highest BCUT2D eigenvalue weighted by molar-refractivity contribution is 6.43. The summed E-state index contributed by atoms with van der Waals surface area (Å²) in [5, 5.41) is 2.40. The molecular formula is C19H18N2O3. The molecule has 0 fully saturated rings. The minimum absolute atomic E-state index is 0.356. The quantitative estimate of drug-likeness (QED) is 0.580. The van der Waals surface area contributed by atoms with E-state index < -0.39 is 11.7 Å². The van der Waals surface area contributed by atoms with Gasteiger partial charge in [0.05, 0.1) is 6.61 Å². The molecule has 1 aromatic carbocycles. The summed E-state index contributed by atoms with van der Waals surface area (Å²) >= 11 is 0. The topological polar surface area (TPSA) is 59.8 Å². The van der Waals surface area contributed by atoms with Crippen LogP contribution in [0.3, 0.4) is 0 Å². The van der Waals surface area contributed by atoms with Gasteiger partial charge in [0.2, 0.25) is 0 Å². The SMILES string of the molecule is CCOc1ccc(-c2cc3ccccn3c2C(=O)C(=O)NC)cc1. The summed E-state index contributed by atoms with van der Waals surface area (Å²) in [7, 11) is 1.45. The van der Waals surface area contributed by atoms with Crippen molar-refractivity contribution in [1.82, 2.24) is 9.72 Å². The van der Waals surface area contributed by atoms with Gasteiger partial charge in [-0.05, 0) is 42.8 Å². The first kappa shape index (κ1) is 15.8. The van der Waals surface area contributed by atoms with E-state index in [9.17, 15) is 9.59 Å². The van der Waals surface area contributed by atoms with Crippen molar-refractivity contribution in [1.29, 1.82) is 0 Å². The van der Waals surface area contributed by atoms with Crippen molar-refractivity contribution >= 4 is 17.2 Å². The van der Waals surface area contributed by atoms with E-state index in [0.717, 1.165) is 22.4 Å². The second kappa shape index (κ2) is 6.58. The zero-order chi connectivity index (χ0) is 17.1. The van der Waals surface area contributed by atoms with Crippen molar-refractivity contribution in [3.05, 3.63) is 60.4 Å². The summed E-state index contributed by atoms with van der Waals surface area (Å²) in [6.45, 7) is 2.52. The fraction of sp³-hybridized carbons (Fsp3) is 0.158. The van der Waals surface area contributed by atoms with Gasteiger partial charge in [0.25, 0.3) is 11.7 Å². The number of hydrogen-bond donors (Lipinski definition) is 1. The first-order valence-electron chi connectivity index (χ1n) is 7.75. The summed E-state index contributed by atoms with van der Waals surface area (Å²) in [5.74, 6) is -0.428. The number of ketones is 1. The average molecular weight is 322 g/mol. The molecule has 1 amide bonds. The fourth-order valence-electron chi connectivity index (χ4n) is 2.69. The molecule has 0 aliphatic heterocycles. The van der Waals surface area contributed by atoms with Crippen molar-refractivity contribution in [2.75, 3.05) is 13.7 Å². The molecule has 3 rings (SSSR count). The van der Waals surface area contributed by atoms with E-state index in [1.165, 1.54) is 7.05 Å². The maximum absolute atomic E-state index is 12.6. The minimum Gasteiger partial charge on any atom is -0.494 e. The maximum atomic E-state index is 12.6. The smallest absolute Gasteiger partial charge is 0.293 e. The molecule has 0 unspecified atom stereocenters. The molecule has 122 valence electrons. The maximum Gasteiger partial charge on any atom is 0.293 e. The minimum atomic E-state index is -0.633. The number of ether oxygens (including phenoxy) is 1. The molecule has 0 bridgehead atoms. The second-order valence-corrected chi connectivity index (χ2v) is 5.27. The lowest BCUT2D eigenvalue weighted by molar-refractivity contribution is -0.116. The van der Waals surface area contributed by atoms with Crippen LogP contribution in [0.4, 0.5) is 0 Å². The Bertz CT molecular complexity index is 895. The number of amides is 1. The van der Waals surface area contributed by atoms with Crippen LogP contribution in [0.15, 0.2) is 54.7 Å². The van der Waals surface area contributed by atoms with Crippen molar-refractivity contribution in [2.24, 2.45) is 0 Å². The summed E-state index contributed by atoms with van der Waals surface area (Å²) in [4.78, 5) is 24.4. The van der Waals surface area contributed by atoms with Crippen LogP contribution >= 0.6 is 0 Å². The number of rotatable bonds is 5. The largest absolute Gasteiger partial charge is 0.494 e. The molecule has 2 aromatic heterocycles. The molecule has 2 heterocycles. The van der Waals surface area contributed by atoms with Gasteiger partial charge in [-0.25, -0.2) is 0 Å². The Morgan fingerprint density at radius 3 is 2.54 bits per heavy atom. The number of fused-ring (bicyclic) bond motifs is 1. The lowest BCUT2D eigenvalue weighted by Crippen LogP contribution is -2.28. The molecule has 1 N–H and O–H groups in total. The molecular weight excluding hydrogens is 304 g/mol. The van der Waals surface area contributed by atoms with Gasteiger partial charge in [-0.3, -0.25) is 9.59 Å². The molecule has 0 radical (unpaired) electrons. The summed E-state index contributed by atoms with van der Waals surface area (Å²) in [6, 6.07) is 15.0. The van der Waals surface area contributed by atoms with Crippen LogP contribution in [-0.4, -0.2) is 29.7 Å². The molecule has 0 atom stereocenters. The first-order chi connectivity index (χ1) is 11.7. The molecule has 5 heteroatoms. The van der Waals surface area contributed by atoms with E-state index in [0.29, 0.717) is 12.3 Å². The zero-order valence-corrected chi connectivity index (χ0v) is 13.6. The molecule has 3 aromatic rings. The fourth-order valence-corrected chi connectivity index (χ4v) is 2.69. The van der Waals surface area contributed by atoms with Gasteiger partial charge >= 0.3 is 0 Å². The van der Waals surface area contributed by atoms with Gasteiger partial charge in [-0.2, -0.15) is 0 Å². The third-order valence-corrected chi connectivity index (χ3v) is 3.80. The number of pyridine rings is 1. The number of Topliss-reactive ketones (excluding diaryl/α,β-unsaturated/α-hetero) is 1. The Morgan fingerprint density at radius 2 is 1.88 bits per heavy atom. The third kappa shape index (κ3) is 2.76. The normalized spacial score (nSPS) is 10.6. The molecule has 0 spiro atoms. The number of carbonyl (C=O) groups excluding carboxylic acids is 2. The van der Waals surface area contributed by atoms with Gasteiger partial charge in [0.1, 0.15) is 11.4 Å². The van der Waals surface area contributed by atoms with Gasteiger partial charge < -0.3 is 14.5 Å². The van der Waals surface area contributed by atoms with E-state index in [4.69, 9.17) is 4.74 Å². The van der Waals surface area contributed by atoms with Gasteiger partial charge in [-0.15, -0.1) is 0 Å². The van der Waals surface area contributed by atoms with Crippen LogP contribution in [0.2, 0.25) is 0 Å². The lowest BCUT2D eigenvalue weighted by atomic mass is 10.0. The predicted molar refractivity (Wildman–Crippen MR) is 92.4 cm³/mol. The predicted octanol–water partition coefficient (Wildman–Crippen LogP) is 2.93. The Hall–Kier alpha value is -3.08. The Morgan fingerprint density at radius 1 is 1.12 bits per heavy atom. The molecule has 5 nitrogen and oxygen atoms in total. The summed E-state index contributed by atoms with van der Waals surface area (Å²) in [6.07, 6.45) is 1.78. The average Bonchev–Trinajstić information content (AvgIpc) is 3.00. The van der Waals surface area contributed by atoms with Crippen LogP contribution in [0.5, 0.6) is 5.75 Å². The van der Waals surface area contributed by atoms with Crippen LogP contribution in [-0.2, 0) is 4.79 Å². The number of nitrogens with zero attached hydrogens (tertiary/aromatic N) is 1. The number of aromatic nitrogens is 1. The van der Waals surface area contributed by atoms with Crippen LogP contribution in [0.1, 0.15) is 17.4 Å². The zero-order valence-electron chi connectivity index (χ0n) is 13.6. The lowest BCUT2D eigenvalue weighted by Gasteiger charge is -2.07. The standard InChI is InChI=1S/C19H18N2O3/c1-3-24-15-9-7-13(8-10-15)16-12-14-6-4-5-11-21(14)17(16)18(22)19(23)20-2/h4-12H,3H2,1-2H3,(H,20,23). The summed E-state index contributed by atoms with van der Waals surface area (Å²) in [5.41, 5.74) is 2.79. The number of likely N-dealkylation sites (N-methyl/N-ethyl adjacent to an activating group) is 1. The van der Waals surface area contributed by atoms with E-state index in [1.807, 2.05) is 55.5 Å². The van der Waals surface area contributed by atoms with E-state index >= 15 is 0 Å². The van der Waals surface area contributed by atoms with Crippen LogP contribution in [0, 0.1) is 0 Å². The van der Waals surface area contributed by atoms with Crippen LogP contribution in [0.25, 0.3) is 16.6 Å². The van der Waals surface area contributed by atoms with E-state index in [-0.39, 0.29) is 0 Å². The highest BCUT2D eigenvalue weighted by Gasteiger charge is 2.23. The van der Waals surface area contributed by atoms with Gasteiger partial charge in [0.15, 0.2) is 0 Å². The molecule has 0 aliphatic carbocycles. The van der Waals surface area contributed by atoms with Crippen molar-refractivity contribution < 1.29 is 14.3 Å². The number of carbonyl (C=O) groups is 2. The van der Waals surface area contributed by atoms with Gasteiger partial charge in [0, 0.05) is 24.3 Å². The number of benzene rings is 1. The van der Waals surface area contributed by atoms with Crippen LogP contribution < -0.4 is 10.1 Å². The highest BCUT2D eigenvalue weighted by atomic mass is 16.5. The van der Waals surface area contributed by atoms with E-state index in [1.54, 1.807) is 10.6 Å². The van der Waals surface area contributed by atoms with Crippen molar-refractivity contribution in [3.8, 4) is 16.9 Å². The number of hydrogen-bond acceptors (Lipinski definition) is 3. The molecule has 0 aliphatic rings. The molecule has 0 saturated heterocycles. The summed E-state index contributed by atoms with van der Waals surface area (Å²) < 4.78 is 7.19. The molecule has 0 saturated carbocycles. The van der Waals surface area contributed by atoms with Crippen molar-refractivity contribution in [3.63, 3.8) is 0 Å². The highest BCUT2D eigenvalue weighted by Crippen LogP contribution is 2.29. The number of nitrogens with one attached hydrogen (secondary N) is 1. The monoisotopic (exact) mass is 322 g/mol. The Labute approximate surface area is 139 Å². The Kier molecular flexibility index (Phi) is 4.33. The van der Waals surface area contributed by atoms with Gasteiger partial charge in [-0.1, -0.05) is 18.2 Å². The van der Waals surface area contributed by atoms with E-state index in [2.05, 4.69) is 5.32 Å². The molecule has 24 heavy (non-hydrogen) atoms. The third-order valence-electron chi connectivity index (χ3n) is 3.80. The first-order valence-corrected chi connectivity index (χ1v) is 7.75.